The molecule has 1 N–H and O–H groups in total. The summed E-state index contributed by atoms with van der Waals surface area (Å²) < 4.78 is 10.8. The van der Waals surface area contributed by atoms with Crippen molar-refractivity contribution in [2.24, 2.45) is 5.92 Å². The van der Waals surface area contributed by atoms with E-state index in [1.54, 1.807) is 36.4 Å². The van der Waals surface area contributed by atoms with Crippen molar-refractivity contribution < 1.29 is 19.1 Å². The lowest BCUT2D eigenvalue weighted by Crippen LogP contribution is -2.38. The number of nitrogens with one attached hydrogen (secondary N) is 1. The molecular formula is C20H23NO4. The lowest BCUT2D eigenvalue weighted by molar-refractivity contribution is -0.125. The second kappa shape index (κ2) is 8.87. The van der Waals surface area contributed by atoms with Gasteiger partial charge in [-0.25, -0.2) is 4.79 Å². The molecule has 0 saturated heterocycles. The van der Waals surface area contributed by atoms with Crippen LogP contribution in [-0.4, -0.2) is 24.5 Å². The predicted molar refractivity (Wildman–Crippen MR) is 95.7 cm³/mol. The summed E-state index contributed by atoms with van der Waals surface area (Å²) in [6.45, 7) is 5.60. The quantitative estimate of drug-likeness (QED) is 0.778. The Labute approximate surface area is 148 Å². The highest BCUT2D eigenvalue weighted by Crippen LogP contribution is 2.25. The summed E-state index contributed by atoms with van der Waals surface area (Å²) in [7, 11) is 0. The van der Waals surface area contributed by atoms with E-state index in [2.05, 4.69) is 5.32 Å². The zero-order valence-corrected chi connectivity index (χ0v) is 14.7. The van der Waals surface area contributed by atoms with Crippen LogP contribution in [0.1, 0.15) is 31.1 Å². The maximum Gasteiger partial charge on any atom is 0.342 e. The van der Waals surface area contributed by atoms with E-state index in [1.165, 1.54) is 0 Å². The third-order valence-electron chi connectivity index (χ3n) is 3.80. The second-order valence-electron chi connectivity index (χ2n) is 6.09. The summed E-state index contributed by atoms with van der Waals surface area (Å²) in [4.78, 5) is 24.1. The lowest BCUT2D eigenvalue weighted by atomic mass is 10.1. The molecule has 0 saturated carbocycles. The number of para-hydroxylation sites is 2. The van der Waals surface area contributed by atoms with Crippen LogP contribution in [0.3, 0.4) is 0 Å². The molecule has 0 heterocycles. The molecule has 25 heavy (non-hydrogen) atoms. The molecule has 5 nitrogen and oxygen atoms in total. The van der Waals surface area contributed by atoms with Crippen LogP contribution in [0.5, 0.6) is 11.5 Å². The van der Waals surface area contributed by atoms with Gasteiger partial charge in [-0.15, -0.1) is 0 Å². The van der Waals surface area contributed by atoms with Crippen LogP contribution in [0, 0.1) is 5.92 Å². The van der Waals surface area contributed by atoms with Crippen LogP contribution >= 0.6 is 0 Å². The number of hydrogen-bond acceptors (Lipinski definition) is 4. The third kappa shape index (κ3) is 5.64. The van der Waals surface area contributed by atoms with Gasteiger partial charge >= 0.3 is 5.97 Å². The fourth-order valence-electron chi connectivity index (χ4n) is 2.01. The molecule has 0 aromatic heterocycles. The van der Waals surface area contributed by atoms with Gasteiger partial charge in [0.05, 0.1) is 0 Å². The summed E-state index contributed by atoms with van der Waals surface area (Å²) in [6.07, 6.45) is 0. The van der Waals surface area contributed by atoms with Gasteiger partial charge < -0.3 is 14.8 Å². The molecule has 0 spiro atoms. The van der Waals surface area contributed by atoms with E-state index in [0.29, 0.717) is 17.4 Å². The van der Waals surface area contributed by atoms with Gasteiger partial charge in [0, 0.05) is 6.04 Å². The zero-order valence-electron chi connectivity index (χ0n) is 14.7. The Morgan fingerprint density at radius 1 is 0.960 bits per heavy atom. The number of rotatable bonds is 7. The summed E-state index contributed by atoms with van der Waals surface area (Å²) >= 11 is 0. The molecule has 0 radical (unpaired) electrons. The van der Waals surface area contributed by atoms with Crippen LogP contribution in [0.4, 0.5) is 0 Å². The van der Waals surface area contributed by atoms with Crippen molar-refractivity contribution in [2.75, 3.05) is 6.61 Å². The molecule has 2 aromatic rings. The largest absolute Gasteiger partial charge is 0.456 e. The number of carbonyl (C=O) groups is 2. The van der Waals surface area contributed by atoms with Crippen LogP contribution in [-0.2, 0) is 9.53 Å². The van der Waals surface area contributed by atoms with E-state index in [4.69, 9.17) is 9.47 Å². The topological polar surface area (TPSA) is 64.6 Å². The molecule has 0 aliphatic heterocycles. The van der Waals surface area contributed by atoms with E-state index >= 15 is 0 Å². The van der Waals surface area contributed by atoms with Gasteiger partial charge in [0.25, 0.3) is 5.91 Å². The first-order valence-electron chi connectivity index (χ1n) is 8.25. The van der Waals surface area contributed by atoms with Crippen LogP contribution in [0.2, 0.25) is 0 Å². The van der Waals surface area contributed by atoms with Crippen molar-refractivity contribution in [3.8, 4) is 11.5 Å². The van der Waals surface area contributed by atoms with Crippen LogP contribution in [0.15, 0.2) is 54.6 Å². The molecule has 2 aromatic carbocycles. The average molecular weight is 341 g/mol. The average Bonchev–Trinajstić information content (AvgIpc) is 2.61. The number of carbonyl (C=O) groups excluding carboxylic acids is 2. The zero-order chi connectivity index (χ0) is 18.2. The molecule has 0 bridgehead atoms. The molecular weight excluding hydrogens is 318 g/mol. The van der Waals surface area contributed by atoms with Crippen molar-refractivity contribution >= 4 is 11.9 Å². The van der Waals surface area contributed by atoms with Gasteiger partial charge in [-0.05, 0) is 37.1 Å². The van der Waals surface area contributed by atoms with Gasteiger partial charge in [0.2, 0.25) is 0 Å². The van der Waals surface area contributed by atoms with Crippen molar-refractivity contribution in [2.45, 2.75) is 26.8 Å². The summed E-state index contributed by atoms with van der Waals surface area (Å²) in [6, 6.07) is 15.9. The summed E-state index contributed by atoms with van der Waals surface area (Å²) in [5.41, 5.74) is 0.274. The number of ether oxygens (including phenoxy) is 2. The highest BCUT2D eigenvalue weighted by Gasteiger charge is 2.17. The highest BCUT2D eigenvalue weighted by atomic mass is 16.5. The maximum atomic E-state index is 12.3. The normalized spacial score (nSPS) is 11.7. The van der Waals surface area contributed by atoms with E-state index in [0.717, 1.165) is 0 Å². The lowest BCUT2D eigenvalue weighted by Gasteiger charge is -2.17. The molecule has 2 rings (SSSR count). The second-order valence-corrected chi connectivity index (χ2v) is 6.09. The minimum absolute atomic E-state index is 0.0138. The number of esters is 1. The Kier molecular flexibility index (Phi) is 6.57. The molecule has 0 aliphatic rings. The summed E-state index contributed by atoms with van der Waals surface area (Å²) in [5.74, 6) is 0.385. The molecule has 1 amide bonds. The monoisotopic (exact) mass is 341 g/mol. The Hall–Kier alpha value is -2.82. The Morgan fingerprint density at radius 3 is 2.28 bits per heavy atom. The predicted octanol–water partition coefficient (Wildman–Crippen LogP) is 3.80. The van der Waals surface area contributed by atoms with E-state index < -0.39 is 5.97 Å². The van der Waals surface area contributed by atoms with Crippen molar-refractivity contribution in [3.63, 3.8) is 0 Å². The smallest absolute Gasteiger partial charge is 0.342 e. The number of hydrogen-bond donors (Lipinski definition) is 1. The van der Waals surface area contributed by atoms with Crippen molar-refractivity contribution in [3.05, 3.63) is 60.2 Å². The van der Waals surface area contributed by atoms with Gasteiger partial charge in [-0.1, -0.05) is 44.2 Å². The maximum absolute atomic E-state index is 12.3. The van der Waals surface area contributed by atoms with Gasteiger partial charge in [-0.2, -0.15) is 0 Å². The number of amides is 1. The fraction of sp³-hybridized carbons (Fsp3) is 0.300. The first-order valence-corrected chi connectivity index (χ1v) is 8.25. The van der Waals surface area contributed by atoms with Gasteiger partial charge in [0.15, 0.2) is 6.61 Å². The highest BCUT2D eigenvalue weighted by molar-refractivity contribution is 5.94. The van der Waals surface area contributed by atoms with Crippen molar-refractivity contribution in [1.82, 2.24) is 5.32 Å². The third-order valence-corrected chi connectivity index (χ3v) is 3.80. The van der Waals surface area contributed by atoms with E-state index in [9.17, 15) is 9.59 Å². The van der Waals surface area contributed by atoms with Gasteiger partial charge in [-0.3, -0.25) is 4.79 Å². The molecule has 1 unspecified atom stereocenters. The van der Waals surface area contributed by atoms with Crippen molar-refractivity contribution in [1.29, 1.82) is 0 Å². The Bertz CT molecular complexity index is 713. The standard InChI is InChI=1S/C20H23NO4/c1-14(2)15(3)21-19(22)13-24-20(23)17-11-7-8-12-18(17)25-16-9-5-4-6-10-16/h4-12,14-15H,13H2,1-3H3,(H,21,22). The van der Waals surface area contributed by atoms with Gasteiger partial charge in [0.1, 0.15) is 17.1 Å². The number of benzene rings is 2. The van der Waals surface area contributed by atoms with E-state index in [1.807, 2.05) is 39.0 Å². The molecule has 132 valence electrons. The molecule has 5 heteroatoms. The first kappa shape index (κ1) is 18.5. The Balaban J connectivity index is 1.99. The van der Waals surface area contributed by atoms with Crippen LogP contribution in [0.25, 0.3) is 0 Å². The SMILES string of the molecule is CC(C)C(C)NC(=O)COC(=O)c1ccccc1Oc1ccccc1. The minimum atomic E-state index is -0.598. The fourth-order valence-corrected chi connectivity index (χ4v) is 2.01. The van der Waals surface area contributed by atoms with E-state index in [-0.39, 0.29) is 24.1 Å². The summed E-state index contributed by atoms with van der Waals surface area (Å²) in [5, 5.41) is 2.79. The molecule has 0 aliphatic carbocycles. The minimum Gasteiger partial charge on any atom is -0.456 e. The molecule has 1 atom stereocenters. The van der Waals surface area contributed by atoms with Crippen LogP contribution < -0.4 is 10.1 Å². The first-order chi connectivity index (χ1) is 12.0. The Morgan fingerprint density at radius 2 is 1.60 bits per heavy atom. The molecule has 0 fully saturated rings.